The predicted octanol–water partition coefficient (Wildman–Crippen LogP) is 3.70. The molecule has 20 heavy (non-hydrogen) atoms. The molecule has 1 unspecified atom stereocenters. The second-order valence-corrected chi connectivity index (χ2v) is 5.64. The van der Waals surface area contributed by atoms with Crippen LogP contribution in [0.25, 0.3) is 0 Å². The summed E-state index contributed by atoms with van der Waals surface area (Å²) in [6.07, 6.45) is 2.68. The number of hydrogen-bond acceptors (Lipinski definition) is 2. The molecule has 0 aromatic heterocycles. The van der Waals surface area contributed by atoms with Crippen molar-refractivity contribution in [2.24, 2.45) is 5.73 Å². The summed E-state index contributed by atoms with van der Waals surface area (Å²) in [5.74, 6) is 0.787. The van der Waals surface area contributed by atoms with E-state index in [1.807, 2.05) is 6.07 Å². The number of anilines is 1. The highest BCUT2D eigenvalue weighted by molar-refractivity contribution is 5.48. The molecular weight excluding hydrogens is 244 g/mol. The Kier molecular flexibility index (Phi) is 3.75. The van der Waals surface area contributed by atoms with E-state index in [0.29, 0.717) is 6.54 Å². The Balaban J connectivity index is 1.87. The van der Waals surface area contributed by atoms with Gasteiger partial charge < -0.3 is 10.6 Å². The Morgan fingerprint density at radius 3 is 2.50 bits per heavy atom. The minimum Gasteiger partial charge on any atom is -0.366 e. The first kappa shape index (κ1) is 13.2. The molecule has 1 aliphatic carbocycles. The van der Waals surface area contributed by atoms with Gasteiger partial charge in [-0.15, -0.1) is 0 Å². The fourth-order valence-electron chi connectivity index (χ4n) is 2.80. The molecule has 2 aromatic carbocycles. The zero-order chi connectivity index (χ0) is 13.9. The standard InChI is InChI=1S/C18H22N2/c1-20(17-8-3-2-4-9-17)18(13-19)16-7-5-6-15(12-16)14-10-11-14/h2-9,12,14,18H,10-11,13,19H2,1H3. The Morgan fingerprint density at radius 2 is 1.85 bits per heavy atom. The van der Waals surface area contributed by atoms with Crippen LogP contribution in [0.15, 0.2) is 54.6 Å². The maximum Gasteiger partial charge on any atom is 0.0661 e. The molecule has 3 rings (SSSR count). The van der Waals surface area contributed by atoms with E-state index in [1.54, 1.807) is 0 Å². The Hall–Kier alpha value is -1.80. The van der Waals surface area contributed by atoms with E-state index in [1.165, 1.54) is 29.7 Å². The average molecular weight is 266 g/mol. The second kappa shape index (κ2) is 5.68. The van der Waals surface area contributed by atoms with E-state index in [9.17, 15) is 0 Å². The molecule has 0 saturated heterocycles. The van der Waals surface area contributed by atoms with Crippen molar-refractivity contribution < 1.29 is 0 Å². The third-order valence-corrected chi connectivity index (χ3v) is 4.20. The zero-order valence-electron chi connectivity index (χ0n) is 12.0. The maximum atomic E-state index is 6.04. The van der Waals surface area contributed by atoms with E-state index >= 15 is 0 Å². The van der Waals surface area contributed by atoms with E-state index < -0.39 is 0 Å². The molecule has 1 fully saturated rings. The molecule has 2 aromatic rings. The van der Waals surface area contributed by atoms with Crippen molar-refractivity contribution in [1.29, 1.82) is 0 Å². The second-order valence-electron chi connectivity index (χ2n) is 5.64. The van der Waals surface area contributed by atoms with Crippen LogP contribution >= 0.6 is 0 Å². The number of para-hydroxylation sites is 1. The highest BCUT2D eigenvalue weighted by Crippen LogP contribution is 2.40. The van der Waals surface area contributed by atoms with Gasteiger partial charge in [-0.2, -0.15) is 0 Å². The van der Waals surface area contributed by atoms with Crippen LogP contribution in [0.4, 0.5) is 5.69 Å². The summed E-state index contributed by atoms with van der Waals surface area (Å²) < 4.78 is 0. The van der Waals surface area contributed by atoms with Gasteiger partial charge in [0, 0.05) is 19.3 Å². The van der Waals surface area contributed by atoms with Gasteiger partial charge in [-0.05, 0) is 42.0 Å². The van der Waals surface area contributed by atoms with Gasteiger partial charge in [-0.3, -0.25) is 0 Å². The number of hydrogen-bond donors (Lipinski definition) is 1. The first-order chi connectivity index (χ1) is 9.79. The van der Waals surface area contributed by atoms with Crippen LogP contribution < -0.4 is 10.6 Å². The molecule has 0 spiro atoms. The zero-order valence-corrected chi connectivity index (χ0v) is 12.0. The summed E-state index contributed by atoms with van der Waals surface area (Å²) >= 11 is 0. The highest BCUT2D eigenvalue weighted by atomic mass is 15.1. The van der Waals surface area contributed by atoms with Crippen molar-refractivity contribution >= 4 is 5.69 Å². The van der Waals surface area contributed by atoms with E-state index in [0.717, 1.165) is 5.92 Å². The molecule has 2 nitrogen and oxygen atoms in total. The molecular formula is C18H22N2. The number of likely N-dealkylation sites (N-methyl/N-ethyl adjacent to an activating group) is 1. The van der Waals surface area contributed by atoms with Crippen LogP contribution in [-0.2, 0) is 0 Å². The van der Waals surface area contributed by atoms with Gasteiger partial charge in [-0.25, -0.2) is 0 Å². The Morgan fingerprint density at radius 1 is 1.10 bits per heavy atom. The molecule has 1 aliphatic rings. The van der Waals surface area contributed by atoms with Crippen molar-refractivity contribution in [3.8, 4) is 0 Å². The van der Waals surface area contributed by atoms with Gasteiger partial charge in [0.2, 0.25) is 0 Å². The normalized spacial score (nSPS) is 15.9. The third kappa shape index (κ3) is 2.70. The first-order valence-corrected chi connectivity index (χ1v) is 7.37. The molecule has 0 heterocycles. The molecule has 1 atom stereocenters. The molecule has 0 aliphatic heterocycles. The van der Waals surface area contributed by atoms with Crippen molar-refractivity contribution in [3.63, 3.8) is 0 Å². The lowest BCUT2D eigenvalue weighted by molar-refractivity contribution is 0.679. The first-order valence-electron chi connectivity index (χ1n) is 7.37. The maximum absolute atomic E-state index is 6.04. The molecule has 1 saturated carbocycles. The number of nitrogens with two attached hydrogens (primary N) is 1. The Labute approximate surface area is 121 Å². The SMILES string of the molecule is CN(c1ccccc1)C(CN)c1cccc(C2CC2)c1. The van der Waals surface area contributed by atoms with Gasteiger partial charge in [-0.1, -0.05) is 42.5 Å². The predicted molar refractivity (Wildman–Crippen MR) is 85.1 cm³/mol. The van der Waals surface area contributed by atoms with E-state index in [2.05, 4.69) is 60.5 Å². The van der Waals surface area contributed by atoms with Crippen LogP contribution in [0.2, 0.25) is 0 Å². The smallest absolute Gasteiger partial charge is 0.0661 e. The van der Waals surface area contributed by atoms with Crippen LogP contribution in [0.3, 0.4) is 0 Å². The highest BCUT2D eigenvalue weighted by Gasteiger charge is 2.24. The molecule has 0 amide bonds. The van der Waals surface area contributed by atoms with E-state index in [-0.39, 0.29) is 6.04 Å². The minimum atomic E-state index is 0.232. The van der Waals surface area contributed by atoms with Crippen LogP contribution in [-0.4, -0.2) is 13.6 Å². The van der Waals surface area contributed by atoms with Crippen molar-refractivity contribution in [3.05, 3.63) is 65.7 Å². The van der Waals surface area contributed by atoms with Crippen LogP contribution in [0, 0.1) is 0 Å². The molecule has 0 bridgehead atoms. The lowest BCUT2D eigenvalue weighted by atomic mass is 10.0. The van der Waals surface area contributed by atoms with Gasteiger partial charge in [0.25, 0.3) is 0 Å². The monoisotopic (exact) mass is 266 g/mol. The van der Waals surface area contributed by atoms with Gasteiger partial charge >= 0.3 is 0 Å². The quantitative estimate of drug-likeness (QED) is 0.894. The topological polar surface area (TPSA) is 29.3 Å². The summed E-state index contributed by atoms with van der Waals surface area (Å²) in [5.41, 5.74) is 10.0. The van der Waals surface area contributed by atoms with Crippen molar-refractivity contribution in [1.82, 2.24) is 0 Å². The third-order valence-electron chi connectivity index (χ3n) is 4.20. The van der Waals surface area contributed by atoms with Gasteiger partial charge in [0.15, 0.2) is 0 Å². The summed E-state index contributed by atoms with van der Waals surface area (Å²) in [5, 5.41) is 0. The lowest BCUT2D eigenvalue weighted by Crippen LogP contribution is -2.30. The van der Waals surface area contributed by atoms with Crippen molar-refractivity contribution in [2.75, 3.05) is 18.5 Å². The largest absolute Gasteiger partial charge is 0.366 e. The van der Waals surface area contributed by atoms with Gasteiger partial charge in [0.05, 0.1) is 6.04 Å². The molecule has 0 radical (unpaired) electrons. The summed E-state index contributed by atoms with van der Waals surface area (Å²) in [4.78, 5) is 2.27. The summed E-state index contributed by atoms with van der Waals surface area (Å²) in [7, 11) is 2.12. The minimum absolute atomic E-state index is 0.232. The fraction of sp³-hybridized carbons (Fsp3) is 0.333. The van der Waals surface area contributed by atoms with Gasteiger partial charge in [0.1, 0.15) is 0 Å². The molecule has 2 N–H and O–H groups in total. The lowest BCUT2D eigenvalue weighted by Gasteiger charge is -2.29. The summed E-state index contributed by atoms with van der Waals surface area (Å²) in [6, 6.07) is 19.6. The van der Waals surface area contributed by atoms with Crippen molar-refractivity contribution in [2.45, 2.75) is 24.8 Å². The summed E-state index contributed by atoms with van der Waals surface area (Å²) in [6.45, 7) is 0.625. The average Bonchev–Trinajstić information content (AvgIpc) is 3.34. The molecule has 104 valence electrons. The van der Waals surface area contributed by atoms with Crippen LogP contribution in [0.5, 0.6) is 0 Å². The van der Waals surface area contributed by atoms with E-state index in [4.69, 9.17) is 5.73 Å². The fourth-order valence-corrected chi connectivity index (χ4v) is 2.80. The number of nitrogens with zero attached hydrogens (tertiary/aromatic N) is 1. The molecule has 2 heteroatoms. The van der Waals surface area contributed by atoms with Crippen LogP contribution in [0.1, 0.15) is 35.9 Å². The number of rotatable bonds is 5. The Bertz CT molecular complexity index is 561. The number of benzene rings is 2.